The molecule has 1 aromatic heterocycles. The maximum absolute atomic E-state index is 6.04. The van der Waals surface area contributed by atoms with Gasteiger partial charge in [-0.3, -0.25) is 0 Å². The van der Waals surface area contributed by atoms with Gasteiger partial charge in [0.1, 0.15) is 11.9 Å². The largest absolute Gasteiger partial charge is 0.481 e. The zero-order chi connectivity index (χ0) is 12.7. The Hall–Kier alpha value is -0.900. The first-order valence-corrected chi connectivity index (χ1v) is 7.21. The van der Waals surface area contributed by atoms with Crippen LogP contribution in [0.3, 0.4) is 0 Å². The van der Waals surface area contributed by atoms with E-state index in [9.17, 15) is 0 Å². The highest BCUT2D eigenvalue weighted by atomic mass is 35.5. The minimum atomic E-state index is 0.00104. The number of aryl methyl sites for hydroxylation is 1. The number of rotatable bonds is 1. The number of thiophene rings is 1. The van der Waals surface area contributed by atoms with Crippen molar-refractivity contribution in [3.63, 3.8) is 0 Å². The summed E-state index contributed by atoms with van der Waals surface area (Å²) in [5.74, 6) is 0.873. The fourth-order valence-electron chi connectivity index (χ4n) is 2.08. The van der Waals surface area contributed by atoms with E-state index in [2.05, 4.69) is 5.32 Å². The lowest BCUT2D eigenvalue weighted by atomic mass is 10.1. The molecule has 94 valence electrons. The predicted octanol–water partition coefficient (Wildman–Crippen LogP) is 4.91. The molecule has 2 aromatic rings. The summed E-state index contributed by atoms with van der Waals surface area (Å²) in [4.78, 5) is 0. The molecule has 0 bridgehead atoms. The second-order valence-electron chi connectivity index (χ2n) is 4.27. The molecule has 3 rings (SSSR count). The normalized spacial score (nSPS) is 17.8. The van der Waals surface area contributed by atoms with Gasteiger partial charge >= 0.3 is 0 Å². The second-order valence-corrected chi connectivity index (χ2v) is 6.25. The van der Waals surface area contributed by atoms with Crippen LogP contribution in [0.2, 0.25) is 9.36 Å². The van der Waals surface area contributed by atoms with E-state index in [0.717, 1.165) is 38.5 Å². The summed E-state index contributed by atoms with van der Waals surface area (Å²) in [5.41, 5.74) is 3.10. The molecule has 0 amide bonds. The van der Waals surface area contributed by atoms with Crippen LogP contribution >= 0.6 is 34.5 Å². The van der Waals surface area contributed by atoms with Crippen molar-refractivity contribution in [2.24, 2.45) is 0 Å². The van der Waals surface area contributed by atoms with Crippen LogP contribution in [0, 0.1) is 6.92 Å². The third-order valence-corrected chi connectivity index (χ3v) is 4.26. The number of halogens is 2. The lowest BCUT2D eigenvalue weighted by molar-refractivity contribution is 0.209. The van der Waals surface area contributed by atoms with E-state index in [1.165, 1.54) is 11.3 Å². The fraction of sp³-hybridized carbons (Fsp3) is 0.231. The van der Waals surface area contributed by atoms with Crippen LogP contribution in [-0.4, -0.2) is 6.54 Å². The van der Waals surface area contributed by atoms with E-state index >= 15 is 0 Å². The Balaban J connectivity index is 1.93. The van der Waals surface area contributed by atoms with Crippen LogP contribution in [0.5, 0.6) is 5.75 Å². The van der Waals surface area contributed by atoms with E-state index in [1.54, 1.807) is 0 Å². The number of ether oxygens (including phenoxy) is 1. The molecule has 2 heterocycles. The maximum Gasteiger partial charge on any atom is 0.146 e. The van der Waals surface area contributed by atoms with Gasteiger partial charge in [-0.2, -0.15) is 0 Å². The van der Waals surface area contributed by atoms with E-state index in [-0.39, 0.29) is 6.10 Å². The molecule has 1 N–H and O–H groups in total. The molecule has 0 fully saturated rings. The third kappa shape index (κ3) is 2.18. The lowest BCUT2D eigenvalue weighted by Crippen LogP contribution is -2.23. The van der Waals surface area contributed by atoms with Crippen molar-refractivity contribution in [2.45, 2.75) is 13.0 Å². The first kappa shape index (κ1) is 12.2. The van der Waals surface area contributed by atoms with Crippen LogP contribution in [-0.2, 0) is 0 Å². The smallest absolute Gasteiger partial charge is 0.146 e. The van der Waals surface area contributed by atoms with Gasteiger partial charge in [0.05, 0.1) is 16.6 Å². The number of nitrogens with one attached hydrogen (secondary N) is 1. The second kappa shape index (κ2) is 4.65. The van der Waals surface area contributed by atoms with Gasteiger partial charge in [0.15, 0.2) is 0 Å². The Bertz CT molecular complexity index is 597. The zero-order valence-corrected chi connectivity index (χ0v) is 12.0. The summed E-state index contributed by atoms with van der Waals surface area (Å²) in [6, 6.07) is 5.75. The Morgan fingerprint density at radius 3 is 2.89 bits per heavy atom. The Morgan fingerprint density at radius 2 is 2.17 bits per heavy atom. The van der Waals surface area contributed by atoms with Gasteiger partial charge < -0.3 is 10.1 Å². The van der Waals surface area contributed by atoms with Crippen LogP contribution < -0.4 is 10.1 Å². The van der Waals surface area contributed by atoms with Crippen molar-refractivity contribution in [3.8, 4) is 5.75 Å². The van der Waals surface area contributed by atoms with E-state index in [1.807, 2.05) is 30.5 Å². The number of hydrogen-bond donors (Lipinski definition) is 1. The summed E-state index contributed by atoms with van der Waals surface area (Å²) >= 11 is 13.5. The quantitative estimate of drug-likeness (QED) is 0.808. The van der Waals surface area contributed by atoms with E-state index < -0.39 is 0 Å². The topological polar surface area (TPSA) is 21.3 Å². The Morgan fingerprint density at radius 1 is 1.33 bits per heavy atom. The van der Waals surface area contributed by atoms with Gasteiger partial charge in [-0.05, 0) is 36.1 Å². The summed E-state index contributed by atoms with van der Waals surface area (Å²) in [6.45, 7) is 2.72. The van der Waals surface area contributed by atoms with Crippen molar-refractivity contribution in [2.75, 3.05) is 11.9 Å². The minimum Gasteiger partial charge on any atom is -0.481 e. The molecular weight excluding hydrogens is 289 g/mol. The molecular formula is C13H11Cl2NOS. The SMILES string of the molecule is Cc1cc(Cl)cc2c1OC(c1csc(Cl)c1)CN2. The Labute approximate surface area is 119 Å². The van der Waals surface area contributed by atoms with Crippen LogP contribution in [0.4, 0.5) is 5.69 Å². The molecule has 1 atom stereocenters. The first-order valence-electron chi connectivity index (χ1n) is 5.58. The molecule has 1 aromatic carbocycles. The molecule has 0 saturated heterocycles. The van der Waals surface area contributed by atoms with Crippen LogP contribution in [0.15, 0.2) is 23.6 Å². The van der Waals surface area contributed by atoms with Gasteiger partial charge in [-0.15, -0.1) is 11.3 Å². The average Bonchev–Trinajstić information content (AvgIpc) is 2.75. The number of fused-ring (bicyclic) bond motifs is 1. The van der Waals surface area contributed by atoms with Gasteiger partial charge in [-0.25, -0.2) is 0 Å². The zero-order valence-electron chi connectivity index (χ0n) is 9.67. The molecule has 2 nitrogen and oxygen atoms in total. The lowest BCUT2D eigenvalue weighted by Gasteiger charge is -2.28. The molecule has 0 spiro atoms. The highest BCUT2D eigenvalue weighted by molar-refractivity contribution is 7.14. The van der Waals surface area contributed by atoms with Crippen LogP contribution in [0.25, 0.3) is 0 Å². The number of anilines is 1. The van der Waals surface area contributed by atoms with Gasteiger partial charge in [0, 0.05) is 10.6 Å². The molecule has 0 radical (unpaired) electrons. The van der Waals surface area contributed by atoms with Gasteiger partial charge in [0.25, 0.3) is 0 Å². The number of benzene rings is 1. The predicted molar refractivity (Wildman–Crippen MR) is 77.4 cm³/mol. The van der Waals surface area contributed by atoms with E-state index in [4.69, 9.17) is 27.9 Å². The van der Waals surface area contributed by atoms with Gasteiger partial charge in [0.2, 0.25) is 0 Å². The highest BCUT2D eigenvalue weighted by Gasteiger charge is 2.23. The summed E-state index contributed by atoms with van der Waals surface area (Å²) in [7, 11) is 0. The Kier molecular flexibility index (Phi) is 3.14. The van der Waals surface area contributed by atoms with Crippen molar-refractivity contribution < 1.29 is 4.74 Å². The summed E-state index contributed by atoms with van der Waals surface area (Å²) in [5, 5.41) is 6.11. The average molecular weight is 300 g/mol. The molecule has 0 saturated carbocycles. The molecule has 1 aliphatic rings. The standard InChI is InChI=1S/C13H11Cl2NOS/c1-7-2-9(14)4-10-13(7)17-11(5-16-10)8-3-12(15)18-6-8/h2-4,6,11,16H,5H2,1H3. The maximum atomic E-state index is 6.04. The fourth-order valence-corrected chi connectivity index (χ4v) is 3.29. The summed E-state index contributed by atoms with van der Waals surface area (Å²) < 4.78 is 6.83. The first-order chi connectivity index (χ1) is 8.63. The summed E-state index contributed by atoms with van der Waals surface area (Å²) in [6.07, 6.45) is 0.00104. The molecule has 1 unspecified atom stereocenters. The van der Waals surface area contributed by atoms with Gasteiger partial charge in [-0.1, -0.05) is 23.2 Å². The van der Waals surface area contributed by atoms with E-state index in [0.29, 0.717) is 0 Å². The molecule has 18 heavy (non-hydrogen) atoms. The minimum absolute atomic E-state index is 0.00104. The monoisotopic (exact) mass is 299 g/mol. The van der Waals surface area contributed by atoms with Crippen molar-refractivity contribution in [1.82, 2.24) is 0 Å². The van der Waals surface area contributed by atoms with Crippen molar-refractivity contribution in [3.05, 3.63) is 44.1 Å². The van der Waals surface area contributed by atoms with Crippen molar-refractivity contribution >= 4 is 40.2 Å². The molecule has 0 aliphatic carbocycles. The number of hydrogen-bond acceptors (Lipinski definition) is 3. The highest BCUT2D eigenvalue weighted by Crippen LogP contribution is 2.39. The molecule has 1 aliphatic heterocycles. The third-order valence-electron chi connectivity index (χ3n) is 2.94. The molecule has 5 heteroatoms. The van der Waals surface area contributed by atoms with Crippen LogP contribution in [0.1, 0.15) is 17.2 Å². The van der Waals surface area contributed by atoms with Crippen molar-refractivity contribution in [1.29, 1.82) is 0 Å².